The molecule has 0 aliphatic carbocycles. The number of carbonyl (C=O) groups is 1. The van der Waals surface area contributed by atoms with Gasteiger partial charge in [0.2, 0.25) is 5.91 Å². The Morgan fingerprint density at radius 3 is 2.05 bits per heavy atom. The van der Waals surface area contributed by atoms with E-state index in [0.717, 1.165) is 36.9 Å². The smallest absolute Gasteiger partial charge is 0.239 e. The molecule has 1 amide bonds. The van der Waals surface area contributed by atoms with Crippen molar-refractivity contribution < 1.29 is 4.79 Å². The van der Waals surface area contributed by atoms with Gasteiger partial charge in [0, 0.05) is 36.9 Å². The fourth-order valence-electron chi connectivity index (χ4n) is 2.33. The van der Waals surface area contributed by atoms with E-state index in [2.05, 4.69) is 4.90 Å². The molecule has 126 valence electrons. The van der Waals surface area contributed by atoms with Crippen molar-refractivity contribution in [3.8, 4) is 0 Å². The number of anilines is 1. The van der Waals surface area contributed by atoms with Gasteiger partial charge in [0.15, 0.2) is 0 Å². The Balaban J connectivity index is 0.00000220. The zero-order valence-electron chi connectivity index (χ0n) is 12.9. The number of nitrogens with zero attached hydrogens (tertiary/aromatic N) is 2. The molecule has 22 heavy (non-hydrogen) atoms. The highest BCUT2D eigenvalue weighted by atomic mass is 35.5. The molecule has 1 atom stereocenters. The van der Waals surface area contributed by atoms with Crippen LogP contribution >= 0.6 is 36.4 Å². The molecule has 7 heteroatoms. The average molecular weight is 369 g/mol. The third kappa shape index (κ3) is 5.20. The highest BCUT2D eigenvalue weighted by Gasteiger charge is 2.26. The number of halogens is 3. The van der Waals surface area contributed by atoms with Crippen LogP contribution in [0.25, 0.3) is 0 Å². The lowest BCUT2D eigenvalue weighted by Gasteiger charge is -2.37. The van der Waals surface area contributed by atoms with E-state index in [0.29, 0.717) is 0 Å². The zero-order chi connectivity index (χ0) is 14.7. The Labute approximate surface area is 149 Å². The first kappa shape index (κ1) is 21.3. The van der Waals surface area contributed by atoms with Crippen molar-refractivity contribution in [2.75, 3.05) is 31.1 Å². The van der Waals surface area contributed by atoms with Gasteiger partial charge in [0.25, 0.3) is 0 Å². The van der Waals surface area contributed by atoms with Crippen LogP contribution in [0.4, 0.5) is 5.69 Å². The Hall–Kier alpha value is -0.680. The molecule has 4 nitrogen and oxygen atoms in total. The number of amides is 1. The van der Waals surface area contributed by atoms with Crippen molar-refractivity contribution >= 4 is 48.0 Å². The predicted molar refractivity (Wildman–Crippen MR) is 97.6 cm³/mol. The van der Waals surface area contributed by atoms with Crippen LogP contribution in [0.3, 0.4) is 0 Å². The van der Waals surface area contributed by atoms with Crippen LogP contribution in [0, 0.1) is 5.92 Å². The summed E-state index contributed by atoms with van der Waals surface area (Å²) < 4.78 is 0. The number of benzene rings is 1. The molecule has 1 aliphatic rings. The van der Waals surface area contributed by atoms with Crippen molar-refractivity contribution in [2.45, 2.75) is 19.9 Å². The molecule has 1 aromatic rings. The van der Waals surface area contributed by atoms with Crippen LogP contribution in [0.15, 0.2) is 24.3 Å². The van der Waals surface area contributed by atoms with Crippen LogP contribution < -0.4 is 10.6 Å². The third-order valence-electron chi connectivity index (χ3n) is 3.79. The number of nitrogens with two attached hydrogens (primary N) is 1. The van der Waals surface area contributed by atoms with Crippen molar-refractivity contribution in [1.82, 2.24) is 4.90 Å². The highest BCUT2D eigenvalue weighted by molar-refractivity contribution is 6.30. The van der Waals surface area contributed by atoms with Gasteiger partial charge in [-0.05, 0) is 30.2 Å². The lowest BCUT2D eigenvalue weighted by atomic mass is 10.0. The Bertz CT molecular complexity index is 460. The zero-order valence-corrected chi connectivity index (χ0v) is 15.3. The molecule has 2 rings (SSSR count). The van der Waals surface area contributed by atoms with Gasteiger partial charge in [-0.1, -0.05) is 25.4 Å². The van der Waals surface area contributed by atoms with Crippen LogP contribution in [0.1, 0.15) is 13.8 Å². The van der Waals surface area contributed by atoms with E-state index in [1.807, 2.05) is 43.0 Å². The highest BCUT2D eigenvalue weighted by Crippen LogP contribution is 2.19. The molecular weight excluding hydrogens is 345 g/mol. The predicted octanol–water partition coefficient (Wildman–Crippen LogP) is 2.82. The Morgan fingerprint density at radius 2 is 1.59 bits per heavy atom. The molecule has 1 fully saturated rings. The molecular formula is C15H24Cl3N3O. The molecule has 0 bridgehead atoms. The van der Waals surface area contributed by atoms with Gasteiger partial charge in [-0.2, -0.15) is 0 Å². The first-order valence-corrected chi connectivity index (χ1v) is 7.41. The summed E-state index contributed by atoms with van der Waals surface area (Å²) in [6, 6.07) is 7.42. The van der Waals surface area contributed by atoms with E-state index < -0.39 is 6.04 Å². The molecule has 1 heterocycles. The topological polar surface area (TPSA) is 49.6 Å². The standard InChI is InChI=1S/C15H22ClN3O.2ClH/c1-11(2)14(17)15(20)19-9-7-18(8-10-19)13-5-3-12(16)4-6-13;;/h3-6,11,14H,7-10,17H2,1-2H3;2*1H. The molecule has 1 aliphatic heterocycles. The molecule has 1 aromatic carbocycles. The van der Waals surface area contributed by atoms with Crippen LogP contribution in [-0.4, -0.2) is 43.0 Å². The Morgan fingerprint density at radius 1 is 1.09 bits per heavy atom. The normalized spacial score (nSPS) is 15.9. The minimum atomic E-state index is -0.392. The van der Waals surface area contributed by atoms with E-state index in [-0.39, 0.29) is 36.6 Å². The number of piperazine rings is 1. The maximum atomic E-state index is 12.2. The van der Waals surface area contributed by atoms with Gasteiger partial charge in [-0.3, -0.25) is 4.79 Å². The van der Waals surface area contributed by atoms with Crippen molar-refractivity contribution in [2.24, 2.45) is 11.7 Å². The summed E-state index contributed by atoms with van der Waals surface area (Å²) in [5.74, 6) is 0.243. The van der Waals surface area contributed by atoms with Crippen molar-refractivity contribution in [3.05, 3.63) is 29.3 Å². The van der Waals surface area contributed by atoms with Gasteiger partial charge >= 0.3 is 0 Å². The van der Waals surface area contributed by atoms with Crippen LogP contribution in [0.5, 0.6) is 0 Å². The summed E-state index contributed by atoms with van der Waals surface area (Å²) in [5.41, 5.74) is 7.08. The van der Waals surface area contributed by atoms with Crippen LogP contribution in [0.2, 0.25) is 5.02 Å². The summed E-state index contributed by atoms with van der Waals surface area (Å²) in [6.45, 7) is 7.07. The fraction of sp³-hybridized carbons (Fsp3) is 0.533. The van der Waals surface area contributed by atoms with Gasteiger partial charge in [-0.25, -0.2) is 0 Å². The fourth-order valence-corrected chi connectivity index (χ4v) is 2.46. The molecule has 2 N–H and O–H groups in total. The second kappa shape index (κ2) is 9.46. The maximum Gasteiger partial charge on any atom is 0.239 e. The van der Waals surface area contributed by atoms with Crippen molar-refractivity contribution in [1.29, 1.82) is 0 Å². The quantitative estimate of drug-likeness (QED) is 0.892. The lowest BCUT2D eigenvalue weighted by molar-refractivity contribution is -0.133. The van der Waals surface area contributed by atoms with Crippen molar-refractivity contribution in [3.63, 3.8) is 0 Å². The molecule has 1 unspecified atom stereocenters. The van der Waals surface area contributed by atoms with Gasteiger partial charge < -0.3 is 15.5 Å². The van der Waals surface area contributed by atoms with Gasteiger partial charge in [0.05, 0.1) is 6.04 Å². The Kier molecular flexibility index (Phi) is 9.16. The average Bonchev–Trinajstić information content (AvgIpc) is 2.46. The first-order valence-electron chi connectivity index (χ1n) is 7.04. The van der Waals surface area contributed by atoms with Crippen LogP contribution in [-0.2, 0) is 4.79 Å². The summed E-state index contributed by atoms with van der Waals surface area (Å²) >= 11 is 5.89. The first-order chi connectivity index (χ1) is 9.49. The molecule has 1 saturated heterocycles. The summed E-state index contributed by atoms with van der Waals surface area (Å²) in [7, 11) is 0. The van der Waals surface area contributed by atoms with E-state index >= 15 is 0 Å². The third-order valence-corrected chi connectivity index (χ3v) is 4.04. The van der Waals surface area contributed by atoms with E-state index in [4.69, 9.17) is 17.3 Å². The number of hydrogen-bond donors (Lipinski definition) is 1. The summed E-state index contributed by atoms with van der Waals surface area (Å²) in [4.78, 5) is 16.3. The lowest BCUT2D eigenvalue weighted by Crippen LogP contribution is -2.54. The van der Waals surface area contributed by atoms with E-state index in [1.165, 1.54) is 0 Å². The molecule has 0 aromatic heterocycles. The minimum Gasteiger partial charge on any atom is -0.368 e. The minimum absolute atomic E-state index is 0. The number of rotatable bonds is 3. The van der Waals surface area contributed by atoms with Gasteiger partial charge in [-0.15, -0.1) is 24.8 Å². The van der Waals surface area contributed by atoms with Gasteiger partial charge in [0.1, 0.15) is 0 Å². The SMILES string of the molecule is CC(C)C(N)C(=O)N1CCN(c2ccc(Cl)cc2)CC1.Cl.Cl. The largest absolute Gasteiger partial charge is 0.368 e. The molecule has 0 spiro atoms. The monoisotopic (exact) mass is 367 g/mol. The molecule has 0 saturated carbocycles. The second-order valence-corrected chi connectivity index (χ2v) is 5.99. The summed E-state index contributed by atoms with van der Waals surface area (Å²) in [6.07, 6.45) is 0. The van der Waals surface area contributed by atoms with E-state index in [1.54, 1.807) is 0 Å². The van der Waals surface area contributed by atoms with E-state index in [9.17, 15) is 4.79 Å². The number of hydrogen-bond acceptors (Lipinski definition) is 3. The second-order valence-electron chi connectivity index (χ2n) is 5.56. The maximum absolute atomic E-state index is 12.2. The number of carbonyl (C=O) groups excluding carboxylic acids is 1. The summed E-state index contributed by atoms with van der Waals surface area (Å²) in [5, 5.41) is 0.741. The molecule has 0 radical (unpaired) electrons.